The molecule has 164 valence electrons. The molecule has 0 radical (unpaired) electrons. The lowest BCUT2D eigenvalue weighted by Gasteiger charge is -2.22. The molecule has 0 bridgehead atoms. The van der Waals surface area contributed by atoms with E-state index in [0.29, 0.717) is 40.5 Å². The van der Waals surface area contributed by atoms with E-state index >= 15 is 0 Å². The van der Waals surface area contributed by atoms with Gasteiger partial charge in [-0.05, 0) is 37.6 Å². The number of aromatic nitrogens is 2. The van der Waals surface area contributed by atoms with Crippen molar-refractivity contribution in [2.75, 3.05) is 38.5 Å². The topological polar surface area (TPSA) is 86.9 Å². The van der Waals surface area contributed by atoms with Crippen molar-refractivity contribution in [2.45, 2.75) is 19.1 Å². The number of nitrogens with zero attached hydrogens (tertiary/aromatic N) is 3. The van der Waals surface area contributed by atoms with Gasteiger partial charge in [-0.1, -0.05) is 30.0 Å². The zero-order valence-electron chi connectivity index (χ0n) is 18.2. The second-order valence-corrected chi connectivity index (χ2v) is 7.43. The van der Waals surface area contributed by atoms with Gasteiger partial charge in [0.25, 0.3) is 5.22 Å². The molecule has 1 heterocycles. The number of hydrogen-bond donors (Lipinski definition) is 0. The predicted octanol–water partition coefficient (Wildman–Crippen LogP) is 4.22. The van der Waals surface area contributed by atoms with Crippen molar-refractivity contribution < 1.29 is 23.4 Å². The van der Waals surface area contributed by atoms with Gasteiger partial charge in [-0.3, -0.25) is 4.79 Å². The molecular weight excluding hydrogens is 418 g/mol. The number of carbonyl (C=O) groups excluding carboxylic acids is 1. The van der Waals surface area contributed by atoms with Crippen molar-refractivity contribution in [1.29, 1.82) is 0 Å². The lowest BCUT2D eigenvalue weighted by atomic mass is 10.2. The van der Waals surface area contributed by atoms with Crippen LogP contribution in [0.1, 0.15) is 12.5 Å². The van der Waals surface area contributed by atoms with Gasteiger partial charge in [0.2, 0.25) is 17.5 Å². The minimum Gasteiger partial charge on any atom is -0.493 e. The highest BCUT2D eigenvalue weighted by Crippen LogP contribution is 2.41. The summed E-state index contributed by atoms with van der Waals surface area (Å²) in [6.07, 6.45) is 0. The molecule has 0 fully saturated rings. The zero-order chi connectivity index (χ0) is 22.4. The number of amides is 1. The monoisotopic (exact) mass is 443 g/mol. The van der Waals surface area contributed by atoms with Gasteiger partial charge in [-0.25, -0.2) is 0 Å². The first-order valence-corrected chi connectivity index (χ1v) is 10.6. The lowest BCUT2D eigenvalue weighted by molar-refractivity contribution is -0.116. The summed E-state index contributed by atoms with van der Waals surface area (Å²) in [5.74, 6) is 1.88. The van der Waals surface area contributed by atoms with Crippen LogP contribution in [0.2, 0.25) is 0 Å². The van der Waals surface area contributed by atoms with Crippen molar-refractivity contribution in [2.24, 2.45) is 0 Å². The van der Waals surface area contributed by atoms with Crippen LogP contribution in [0.4, 0.5) is 5.69 Å². The lowest BCUT2D eigenvalue weighted by Crippen LogP contribution is -2.32. The minimum absolute atomic E-state index is 0.0330. The van der Waals surface area contributed by atoms with Crippen molar-refractivity contribution in [3.8, 4) is 28.7 Å². The summed E-state index contributed by atoms with van der Waals surface area (Å²) in [4.78, 5) is 14.5. The maximum absolute atomic E-state index is 12.8. The average Bonchev–Trinajstić information content (AvgIpc) is 3.27. The summed E-state index contributed by atoms with van der Waals surface area (Å²) in [5.41, 5.74) is 2.57. The molecule has 9 heteroatoms. The van der Waals surface area contributed by atoms with Crippen LogP contribution in [0.15, 0.2) is 46.0 Å². The fourth-order valence-corrected chi connectivity index (χ4v) is 3.78. The van der Waals surface area contributed by atoms with E-state index in [0.717, 1.165) is 11.3 Å². The largest absolute Gasteiger partial charge is 0.493 e. The van der Waals surface area contributed by atoms with Gasteiger partial charge in [0.05, 0.1) is 27.1 Å². The van der Waals surface area contributed by atoms with Crippen LogP contribution in [0.5, 0.6) is 17.2 Å². The van der Waals surface area contributed by atoms with E-state index in [-0.39, 0.29) is 11.7 Å². The quantitative estimate of drug-likeness (QED) is 0.455. The molecule has 0 spiro atoms. The number of anilines is 1. The molecule has 0 atom stereocenters. The number of benzene rings is 2. The Kier molecular flexibility index (Phi) is 7.41. The molecule has 2 aromatic carbocycles. The molecule has 1 amide bonds. The second kappa shape index (κ2) is 10.2. The molecule has 0 unspecified atom stereocenters. The first kappa shape index (κ1) is 22.5. The summed E-state index contributed by atoms with van der Waals surface area (Å²) < 4.78 is 21.8. The summed E-state index contributed by atoms with van der Waals surface area (Å²) in [6.45, 7) is 4.51. The Morgan fingerprint density at radius 2 is 1.74 bits per heavy atom. The van der Waals surface area contributed by atoms with E-state index in [1.807, 2.05) is 38.1 Å². The smallest absolute Gasteiger partial charge is 0.277 e. The number of aryl methyl sites for hydroxylation is 1. The van der Waals surface area contributed by atoms with Crippen molar-refractivity contribution in [1.82, 2.24) is 10.2 Å². The Bertz CT molecular complexity index is 1030. The van der Waals surface area contributed by atoms with Gasteiger partial charge in [0.1, 0.15) is 0 Å². The van der Waals surface area contributed by atoms with E-state index in [4.69, 9.17) is 18.6 Å². The Hall–Kier alpha value is -3.20. The third-order valence-electron chi connectivity index (χ3n) is 4.66. The number of methoxy groups -OCH3 is 3. The number of carbonyl (C=O) groups is 1. The van der Waals surface area contributed by atoms with Crippen molar-refractivity contribution in [3.05, 3.63) is 42.0 Å². The Morgan fingerprint density at radius 1 is 1.06 bits per heavy atom. The van der Waals surface area contributed by atoms with Gasteiger partial charge < -0.3 is 23.5 Å². The Labute approximate surface area is 185 Å². The number of thioether (sulfide) groups is 1. The van der Waals surface area contributed by atoms with Gasteiger partial charge >= 0.3 is 0 Å². The van der Waals surface area contributed by atoms with Crippen LogP contribution in [-0.4, -0.2) is 49.7 Å². The molecule has 3 rings (SSSR count). The van der Waals surface area contributed by atoms with Crippen LogP contribution >= 0.6 is 11.8 Å². The van der Waals surface area contributed by atoms with Crippen LogP contribution in [0.25, 0.3) is 11.5 Å². The van der Waals surface area contributed by atoms with E-state index < -0.39 is 0 Å². The third-order valence-corrected chi connectivity index (χ3v) is 5.46. The normalized spacial score (nSPS) is 10.6. The first-order valence-electron chi connectivity index (χ1n) is 9.65. The number of para-hydroxylation sites is 1. The van der Waals surface area contributed by atoms with Gasteiger partial charge in [-0.2, -0.15) is 0 Å². The first-order chi connectivity index (χ1) is 15.0. The fraction of sp³-hybridized carbons (Fsp3) is 0.318. The molecule has 0 aliphatic heterocycles. The van der Waals surface area contributed by atoms with E-state index in [1.165, 1.54) is 33.1 Å². The van der Waals surface area contributed by atoms with Crippen molar-refractivity contribution in [3.63, 3.8) is 0 Å². The molecule has 31 heavy (non-hydrogen) atoms. The van der Waals surface area contributed by atoms with Crippen LogP contribution in [-0.2, 0) is 4.79 Å². The van der Waals surface area contributed by atoms with Crippen LogP contribution < -0.4 is 19.1 Å². The summed E-state index contributed by atoms with van der Waals surface area (Å²) in [5, 5.41) is 8.45. The molecule has 0 saturated carbocycles. The summed E-state index contributed by atoms with van der Waals surface area (Å²) >= 11 is 1.20. The van der Waals surface area contributed by atoms with Gasteiger partial charge in [-0.15, -0.1) is 10.2 Å². The molecule has 0 N–H and O–H groups in total. The zero-order valence-corrected chi connectivity index (χ0v) is 19.0. The van der Waals surface area contributed by atoms with E-state index in [9.17, 15) is 4.79 Å². The predicted molar refractivity (Wildman–Crippen MR) is 119 cm³/mol. The molecule has 0 aliphatic rings. The highest BCUT2D eigenvalue weighted by atomic mass is 32.2. The number of ether oxygens (including phenoxy) is 3. The average molecular weight is 444 g/mol. The standard InChI is InChI=1S/C22H25N3O5S/c1-6-25(16-10-8-7-9-14(16)2)19(26)13-31-22-24-23-21(30-22)15-11-17(27-3)20(29-5)18(12-15)28-4/h7-12H,6,13H2,1-5H3. The van der Waals surface area contributed by atoms with Crippen LogP contribution in [0.3, 0.4) is 0 Å². The molecule has 8 nitrogen and oxygen atoms in total. The SMILES string of the molecule is CCN(C(=O)CSc1nnc(-c2cc(OC)c(OC)c(OC)c2)o1)c1ccccc1C. The van der Waals surface area contributed by atoms with Gasteiger partial charge in [0, 0.05) is 17.8 Å². The Balaban J connectivity index is 1.74. The minimum atomic E-state index is -0.0330. The molecular formula is C22H25N3O5S. The molecule has 1 aromatic heterocycles. The summed E-state index contributed by atoms with van der Waals surface area (Å²) in [6, 6.07) is 11.3. The van der Waals surface area contributed by atoms with Crippen LogP contribution in [0, 0.1) is 6.92 Å². The van der Waals surface area contributed by atoms with Gasteiger partial charge in [0.15, 0.2) is 11.5 Å². The molecule has 0 aliphatic carbocycles. The highest BCUT2D eigenvalue weighted by molar-refractivity contribution is 7.99. The molecule has 0 saturated heterocycles. The number of hydrogen-bond acceptors (Lipinski definition) is 8. The number of rotatable bonds is 9. The second-order valence-electron chi connectivity index (χ2n) is 6.50. The fourth-order valence-electron chi connectivity index (χ4n) is 3.14. The molecule has 3 aromatic rings. The van der Waals surface area contributed by atoms with Crippen molar-refractivity contribution >= 4 is 23.4 Å². The third kappa shape index (κ3) is 4.93. The summed E-state index contributed by atoms with van der Waals surface area (Å²) in [7, 11) is 4.61. The van der Waals surface area contributed by atoms with E-state index in [2.05, 4.69) is 10.2 Å². The maximum Gasteiger partial charge on any atom is 0.277 e. The van der Waals surface area contributed by atoms with E-state index in [1.54, 1.807) is 17.0 Å². The Morgan fingerprint density at radius 3 is 2.32 bits per heavy atom. The highest BCUT2D eigenvalue weighted by Gasteiger charge is 2.20. The maximum atomic E-state index is 12.8.